The average Bonchev–Trinajstić information content (AvgIpc) is 3.61. The molecule has 1 aromatic heterocycles. The van der Waals surface area contributed by atoms with Crippen LogP contribution in [0.5, 0.6) is 5.75 Å². The third-order valence-corrected chi connectivity index (χ3v) is 15.2. The van der Waals surface area contributed by atoms with Crippen LogP contribution in [0.25, 0.3) is 0 Å². The van der Waals surface area contributed by atoms with Gasteiger partial charge in [0.1, 0.15) is 24.8 Å². The summed E-state index contributed by atoms with van der Waals surface area (Å²) in [5.41, 5.74) is 6.82. The lowest BCUT2D eigenvalue weighted by atomic mass is 9.98. The Hall–Kier alpha value is -4.61. The molecular formula is C48H59ClN7O5P. The van der Waals surface area contributed by atoms with E-state index in [0.29, 0.717) is 48.3 Å². The van der Waals surface area contributed by atoms with Gasteiger partial charge in [-0.1, -0.05) is 60.5 Å². The fraction of sp³-hybridized carbons (Fsp3) is 0.479. The van der Waals surface area contributed by atoms with E-state index >= 15 is 0 Å². The number of hydrogen-bond acceptors (Lipinski definition) is 10. The van der Waals surface area contributed by atoms with Crippen molar-refractivity contribution in [2.75, 3.05) is 71.2 Å². The number of halogens is 1. The van der Waals surface area contributed by atoms with Gasteiger partial charge in [-0.05, 0) is 87.2 Å². The molecule has 8 rings (SSSR count). The second kappa shape index (κ2) is 19.4. The van der Waals surface area contributed by atoms with Gasteiger partial charge in [0.2, 0.25) is 11.8 Å². The van der Waals surface area contributed by atoms with Crippen LogP contribution in [0.2, 0.25) is 5.02 Å². The van der Waals surface area contributed by atoms with E-state index in [1.54, 1.807) is 31.5 Å². The molecule has 3 aromatic carbocycles. The summed E-state index contributed by atoms with van der Waals surface area (Å²) in [5, 5.41) is 3.75. The van der Waals surface area contributed by atoms with E-state index in [0.717, 1.165) is 118 Å². The van der Waals surface area contributed by atoms with E-state index in [9.17, 15) is 18.9 Å². The van der Waals surface area contributed by atoms with Crippen molar-refractivity contribution in [1.29, 1.82) is 0 Å². The predicted octanol–water partition coefficient (Wildman–Crippen LogP) is 6.33. The number of carbonyl (C=O) groups is 3. The van der Waals surface area contributed by atoms with Gasteiger partial charge in [0.05, 0.1) is 17.8 Å². The Kier molecular flexibility index (Phi) is 13.8. The molecule has 5 heterocycles. The van der Waals surface area contributed by atoms with E-state index in [1.807, 2.05) is 36.4 Å². The molecule has 4 aliphatic heterocycles. The van der Waals surface area contributed by atoms with Crippen LogP contribution in [0.4, 0.5) is 5.69 Å². The molecular weight excluding hydrogens is 821 g/mol. The van der Waals surface area contributed by atoms with Gasteiger partial charge in [0.25, 0.3) is 5.91 Å². The van der Waals surface area contributed by atoms with Crippen LogP contribution in [0.15, 0.2) is 66.9 Å². The third-order valence-electron chi connectivity index (χ3n) is 13.3. The van der Waals surface area contributed by atoms with Crippen LogP contribution < -0.4 is 20.3 Å². The molecule has 0 spiro atoms. The molecule has 4 aliphatic rings. The van der Waals surface area contributed by atoms with Crippen molar-refractivity contribution >= 4 is 47.5 Å². The number of piperazine rings is 1. The number of aromatic nitrogens is 2. The largest absolute Gasteiger partial charge is 0.496 e. The van der Waals surface area contributed by atoms with Crippen LogP contribution in [0.3, 0.4) is 0 Å². The monoisotopic (exact) mass is 879 g/mol. The average molecular weight is 880 g/mol. The Labute approximate surface area is 370 Å². The molecule has 328 valence electrons. The van der Waals surface area contributed by atoms with Crippen molar-refractivity contribution in [1.82, 2.24) is 30.0 Å². The molecule has 3 saturated heterocycles. The summed E-state index contributed by atoms with van der Waals surface area (Å²) in [6.45, 7) is 11.6. The number of anilines is 1. The van der Waals surface area contributed by atoms with Gasteiger partial charge >= 0.3 is 0 Å². The van der Waals surface area contributed by atoms with Gasteiger partial charge in [-0.15, -0.1) is 0 Å². The van der Waals surface area contributed by atoms with Crippen molar-refractivity contribution in [2.24, 2.45) is 0 Å². The second-order valence-electron chi connectivity index (χ2n) is 17.7. The smallest absolute Gasteiger partial charge is 0.255 e. The van der Waals surface area contributed by atoms with Crippen molar-refractivity contribution in [2.45, 2.75) is 82.8 Å². The SMILES string of the molecule is COc1cc(N2CCC(N3CCN(CCCCCc4cccc5c4CN(C4CCC(=O)NC4=O)C5=O)CC3)CC2)ccc1Cc1ncc(Cl)c(Cc2ccccc2P(C)(C)=O)n1. The van der Waals surface area contributed by atoms with Crippen LogP contribution in [0.1, 0.15) is 89.1 Å². The summed E-state index contributed by atoms with van der Waals surface area (Å²) in [6.07, 6.45) is 9.86. The summed E-state index contributed by atoms with van der Waals surface area (Å²) in [4.78, 5) is 56.2. The molecule has 1 unspecified atom stereocenters. The molecule has 0 aliphatic carbocycles. The summed E-state index contributed by atoms with van der Waals surface area (Å²) < 4.78 is 18.9. The number of rotatable bonds is 15. The zero-order valence-electron chi connectivity index (χ0n) is 36.3. The maximum absolute atomic E-state index is 13.2. The van der Waals surface area contributed by atoms with Gasteiger partial charge < -0.3 is 24.0 Å². The first kappa shape index (κ1) is 44.0. The number of hydrogen-bond donors (Lipinski definition) is 1. The first-order chi connectivity index (χ1) is 29.9. The van der Waals surface area contributed by atoms with Crippen LogP contribution in [-0.2, 0) is 40.0 Å². The summed E-state index contributed by atoms with van der Waals surface area (Å²) >= 11 is 6.58. The highest BCUT2D eigenvalue weighted by atomic mass is 35.5. The quantitative estimate of drug-likeness (QED) is 0.0823. The lowest BCUT2D eigenvalue weighted by Gasteiger charge is -2.43. The normalized spacial score (nSPS) is 19.2. The van der Waals surface area contributed by atoms with Gasteiger partial charge in [-0.3, -0.25) is 24.6 Å². The molecule has 4 aromatic rings. The minimum absolute atomic E-state index is 0.104. The number of unbranched alkanes of at least 4 members (excludes halogenated alkanes) is 2. The standard InChI is InChI=1S/C48H59ClN7O5P/c1-61-43-30-37(16-15-34(43)29-45-50-31-40(49)41(51-45)28-35-11-6-7-14-44(35)62(2,3)60)54-22-19-36(20-23-54)55-26-24-53(25-27-55)21-8-4-5-10-33-12-9-13-38-39(33)32-56(48(38)59)42-17-18-46(57)52-47(42)58/h6-7,9,11-16,30-31,36,42H,4-5,8,10,17-29,32H2,1-3H3,(H,52,57,58). The Morgan fingerprint density at radius 2 is 1.63 bits per heavy atom. The van der Waals surface area contributed by atoms with Crippen molar-refractivity contribution in [3.8, 4) is 5.75 Å². The number of aryl methyl sites for hydroxylation is 1. The summed E-state index contributed by atoms with van der Waals surface area (Å²) in [6, 6.07) is 20.2. The fourth-order valence-corrected chi connectivity index (χ4v) is 11.3. The van der Waals surface area contributed by atoms with Crippen molar-refractivity contribution in [3.05, 3.63) is 111 Å². The zero-order valence-corrected chi connectivity index (χ0v) is 37.9. The minimum Gasteiger partial charge on any atom is -0.496 e. The van der Waals surface area contributed by atoms with E-state index in [-0.39, 0.29) is 24.1 Å². The maximum atomic E-state index is 13.2. The number of piperidine rings is 2. The highest BCUT2D eigenvalue weighted by molar-refractivity contribution is 7.70. The number of fused-ring (bicyclic) bond motifs is 1. The molecule has 3 fully saturated rings. The highest BCUT2D eigenvalue weighted by Crippen LogP contribution is 2.37. The number of nitrogens with one attached hydrogen (secondary N) is 1. The number of ether oxygens (including phenoxy) is 1. The Balaban J connectivity index is 0.763. The van der Waals surface area contributed by atoms with E-state index in [1.165, 1.54) is 11.3 Å². The Morgan fingerprint density at radius 3 is 2.39 bits per heavy atom. The third kappa shape index (κ3) is 10.1. The summed E-state index contributed by atoms with van der Waals surface area (Å²) in [7, 11) is -0.749. The number of methoxy groups -OCH3 is 1. The number of benzene rings is 3. The van der Waals surface area contributed by atoms with Gasteiger partial charge in [0.15, 0.2) is 0 Å². The molecule has 0 radical (unpaired) electrons. The first-order valence-corrected chi connectivity index (χ1v) is 25.2. The lowest BCUT2D eigenvalue weighted by molar-refractivity contribution is -0.136. The number of amides is 3. The molecule has 14 heteroatoms. The molecule has 3 amide bonds. The second-order valence-corrected chi connectivity index (χ2v) is 21.3. The number of carbonyl (C=O) groups excluding carboxylic acids is 3. The van der Waals surface area contributed by atoms with Gasteiger partial charge in [0, 0.05) is 105 Å². The molecule has 0 saturated carbocycles. The molecule has 1 N–H and O–H groups in total. The number of imide groups is 1. The van der Waals surface area contributed by atoms with E-state index in [4.69, 9.17) is 21.3 Å². The van der Waals surface area contributed by atoms with E-state index < -0.39 is 13.2 Å². The van der Waals surface area contributed by atoms with Gasteiger partial charge in [-0.25, -0.2) is 9.97 Å². The Morgan fingerprint density at radius 1 is 0.855 bits per heavy atom. The molecule has 1 atom stereocenters. The maximum Gasteiger partial charge on any atom is 0.255 e. The number of nitrogens with zero attached hydrogens (tertiary/aromatic N) is 6. The molecule has 62 heavy (non-hydrogen) atoms. The molecule has 12 nitrogen and oxygen atoms in total. The molecule has 0 bridgehead atoms. The lowest BCUT2D eigenvalue weighted by Crippen LogP contribution is -2.53. The minimum atomic E-state index is -2.47. The fourth-order valence-electron chi connectivity index (χ4n) is 9.82. The van der Waals surface area contributed by atoms with Gasteiger partial charge in [-0.2, -0.15) is 0 Å². The Bertz CT molecular complexity index is 2340. The highest BCUT2D eigenvalue weighted by Gasteiger charge is 2.39. The first-order valence-electron chi connectivity index (χ1n) is 22.2. The van der Waals surface area contributed by atoms with Crippen LogP contribution >= 0.6 is 18.7 Å². The van der Waals surface area contributed by atoms with E-state index in [2.05, 4.69) is 49.3 Å². The van der Waals surface area contributed by atoms with Crippen molar-refractivity contribution < 1.29 is 23.7 Å². The summed E-state index contributed by atoms with van der Waals surface area (Å²) in [5.74, 6) is 0.752. The topological polar surface area (TPSA) is 128 Å². The predicted molar refractivity (Wildman–Crippen MR) is 244 cm³/mol. The van der Waals surface area contributed by atoms with Crippen molar-refractivity contribution in [3.63, 3.8) is 0 Å². The zero-order chi connectivity index (χ0) is 43.4. The van der Waals surface area contributed by atoms with Crippen LogP contribution in [-0.4, -0.2) is 121 Å². The van der Waals surface area contributed by atoms with Crippen LogP contribution in [0, 0.1) is 0 Å².